The van der Waals surface area contributed by atoms with E-state index in [2.05, 4.69) is 225 Å². The maximum Gasteiger partial charge on any atom is 0.0540 e. The molecule has 1 nitrogen and oxygen atoms in total. The van der Waals surface area contributed by atoms with Crippen molar-refractivity contribution in [3.8, 4) is 44.5 Å². The van der Waals surface area contributed by atoms with Gasteiger partial charge in [-0.25, -0.2) is 0 Å². The second-order valence-corrected chi connectivity index (χ2v) is 18.7. The van der Waals surface area contributed by atoms with Gasteiger partial charge in [0.25, 0.3) is 0 Å². The first-order valence-electron chi connectivity index (χ1n) is 23.3. The van der Waals surface area contributed by atoms with Crippen LogP contribution >= 0.6 is 0 Å². The summed E-state index contributed by atoms with van der Waals surface area (Å²) in [4.78, 5) is 2.48. The first kappa shape index (κ1) is 38.5. The lowest BCUT2D eigenvalue weighted by Crippen LogP contribution is -2.14. The van der Waals surface area contributed by atoms with E-state index in [9.17, 15) is 0 Å². The van der Waals surface area contributed by atoms with Crippen molar-refractivity contribution in [3.63, 3.8) is 0 Å². The summed E-state index contributed by atoms with van der Waals surface area (Å²) in [6.45, 7) is 4.73. The molecule has 0 unspecified atom stereocenters. The summed E-state index contributed by atoms with van der Waals surface area (Å²) in [5.41, 5.74) is 17.9. The van der Waals surface area contributed by atoms with E-state index in [1.165, 1.54) is 131 Å². The smallest absolute Gasteiger partial charge is 0.0540 e. The number of hydrogen-bond donors (Lipinski definition) is 0. The normalized spacial score (nSPS) is 14.5. The van der Waals surface area contributed by atoms with E-state index in [-0.39, 0.29) is 5.41 Å². The molecule has 0 amide bonds. The molecule has 0 bridgehead atoms. The molecule has 64 heavy (non-hydrogen) atoms. The van der Waals surface area contributed by atoms with Gasteiger partial charge in [0.15, 0.2) is 0 Å². The van der Waals surface area contributed by atoms with Crippen LogP contribution in [0.3, 0.4) is 0 Å². The van der Waals surface area contributed by atoms with E-state index in [0.717, 1.165) is 11.4 Å². The predicted molar refractivity (Wildman–Crippen MR) is 273 cm³/mol. The molecule has 0 aromatic heterocycles. The van der Waals surface area contributed by atoms with E-state index < -0.39 is 0 Å². The number of benzene rings is 10. The number of hydrogen-bond acceptors (Lipinski definition) is 1. The van der Waals surface area contributed by atoms with Crippen molar-refractivity contribution in [1.82, 2.24) is 0 Å². The number of rotatable bonds is 7. The highest BCUT2D eigenvalue weighted by Crippen LogP contribution is 2.50. The number of para-hydroxylation sites is 1. The monoisotopic (exact) mass is 821 g/mol. The first-order chi connectivity index (χ1) is 31.5. The molecule has 0 saturated heterocycles. The summed E-state index contributed by atoms with van der Waals surface area (Å²) in [5, 5.41) is 7.84. The molecule has 1 heteroatoms. The maximum atomic E-state index is 2.48. The molecule has 12 rings (SSSR count). The molecule has 10 aromatic rings. The molecule has 0 heterocycles. The molecule has 2 aliphatic carbocycles. The van der Waals surface area contributed by atoms with E-state index in [4.69, 9.17) is 0 Å². The third kappa shape index (κ3) is 6.36. The van der Waals surface area contributed by atoms with Gasteiger partial charge in [0.05, 0.1) is 5.69 Å². The largest absolute Gasteiger partial charge is 0.310 e. The second-order valence-electron chi connectivity index (χ2n) is 18.7. The number of fused-ring (bicyclic) bond motifs is 7. The fraction of sp³-hybridized carbons (Fsp3) is 0.143. The highest BCUT2D eigenvalue weighted by Gasteiger charge is 2.35. The Labute approximate surface area is 377 Å². The van der Waals surface area contributed by atoms with Crippen LogP contribution in [0.25, 0.3) is 76.8 Å². The van der Waals surface area contributed by atoms with E-state index in [1.807, 2.05) is 0 Å². The van der Waals surface area contributed by atoms with Gasteiger partial charge in [-0.15, -0.1) is 0 Å². The van der Waals surface area contributed by atoms with Crippen molar-refractivity contribution in [2.75, 3.05) is 4.90 Å². The Morgan fingerprint density at radius 2 is 0.984 bits per heavy atom. The van der Waals surface area contributed by atoms with Crippen molar-refractivity contribution < 1.29 is 0 Å². The van der Waals surface area contributed by atoms with E-state index in [0.29, 0.717) is 5.92 Å². The predicted octanol–water partition coefficient (Wildman–Crippen LogP) is 18.0. The van der Waals surface area contributed by atoms with Crippen molar-refractivity contribution in [2.24, 2.45) is 0 Å². The van der Waals surface area contributed by atoms with Crippen molar-refractivity contribution in [1.29, 1.82) is 0 Å². The summed E-state index contributed by atoms with van der Waals surface area (Å²) in [6.07, 6.45) is 6.50. The topological polar surface area (TPSA) is 3.24 Å². The van der Waals surface area contributed by atoms with Gasteiger partial charge in [-0.05, 0) is 143 Å². The Morgan fingerprint density at radius 3 is 1.80 bits per heavy atom. The Balaban J connectivity index is 0.993. The van der Waals surface area contributed by atoms with Crippen LogP contribution in [0.15, 0.2) is 206 Å². The Hall–Kier alpha value is -7.22. The van der Waals surface area contributed by atoms with Crippen LogP contribution in [0.2, 0.25) is 0 Å². The molecule has 0 atom stereocenters. The molecule has 0 radical (unpaired) electrons. The fourth-order valence-corrected chi connectivity index (χ4v) is 11.4. The van der Waals surface area contributed by atoms with Crippen LogP contribution in [0.5, 0.6) is 0 Å². The van der Waals surface area contributed by atoms with E-state index >= 15 is 0 Å². The molecular formula is C63H51N. The quantitative estimate of drug-likeness (QED) is 0.145. The van der Waals surface area contributed by atoms with Gasteiger partial charge in [0, 0.05) is 22.4 Å². The van der Waals surface area contributed by atoms with Crippen molar-refractivity contribution in [2.45, 2.75) is 57.3 Å². The molecular weight excluding hydrogens is 771 g/mol. The number of nitrogens with zero attached hydrogens (tertiary/aromatic N) is 1. The van der Waals surface area contributed by atoms with E-state index in [1.54, 1.807) is 0 Å². The summed E-state index contributed by atoms with van der Waals surface area (Å²) >= 11 is 0. The van der Waals surface area contributed by atoms with Crippen molar-refractivity contribution in [3.05, 3.63) is 223 Å². The molecule has 1 saturated carbocycles. The van der Waals surface area contributed by atoms with Gasteiger partial charge >= 0.3 is 0 Å². The third-order valence-electron chi connectivity index (χ3n) is 14.7. The molecule has 0 spiro atoms. The van der Waals surface area contributed by atoms with Crippen LogP contribution in [-0.2, 0) is 5.41 Å². The van der Waals surface area contributed by atoms with Crippen LogP contribution in [0.1, 0.15) is 68.6 Å². The van der Waals surface area contributed by atoms with Crippen LogP contribution < -0.4 is 4.90 Å². The number of anilines is 3. The minimum atomic E-state index is -0.0488. The third-order valence-corrected chi connectivity index (χ3v) is 14.7. The van der Waals surface area contributed by atoms with Gasteiger partial charge in [-0.3, -0.25) is 0 Å². The Bertz CT molecular complexity index is 3380. The highest BCUT2D eigenvalue weighted by atomic mass is 15.1. The van der Waals surface area contributed by atoms with Crippen molar-refractivity contribution >= 4 is 49.4 Å². The summed E-state index contributed by atoms with van der Waals surface area (Å²) < 4.78 is 0. The van der Waals surface area contributed by atoms with Crippen LogP contribution in [0.4, 0.5) is 17.1 Å². The minimum absolute atomic E-state index is 0.0488. The molecule has 0 aliphatic heterocycles. The molecule has 1 fully saturated rings. The lowest BCUT2D eigenvalue weighted by atomic mass is 9.80. The average Bonchev–Trinajstić information content (AvgIpc) is 3.59. The zero-order valence-corrected chi connectivity index (χ0v) is 36.7. The Morgan fingerprint density at radius 1 is 0.391 bits per heavy atom. The lowest BCUT2D eigenvalue weighted by Gasteiger charge is -2.29. The summed E-state index contributed by atoms with van der Waals surface area (Å²) in [7, 11) is 0. The van der Waals surface area contributed by atoms with Crippen LogP contribution in [0, 0.1) is 0 Å². The van der Waals surface area contributed by atoms with Gasteiger partial charge in [-0.2, -0.15) is 0 Å². The fourth-order valence-electron chi connectivity index (χ4n) is 11.4. The molecule has 2 aliphatic rings. The van der Waals surface area contributed by atoms with Gasteiger partial charge < -0.3 is 4.90 Å². The average molecular weight is 822 g/mol. The maximum absolute atomic E-state index is 2.48. The summed E-state index contributed by atoms with van der Waals surface area (Å²) in [6, 6.07) is 77.4. The standard InChI is InChI=1S/C63H51N/c1-63(2)59-27-10-8-21-55(59)56-40-34-47(41-60(56)63)42-29-35-48(36-30-42)64(49-37-31-45(32-38-49)51-23-14-25-53-50-20-7-6-17-44(50)33-39-54(51)53)61-28-11-9-22-57(61)58-26-13-19-46-18-12-24-52(62(46)58)43-15-4-3-5-16-43/h6-14,17-41,43H,3-5,15-16H2,1-2H3. The van der Waals surface area contributed by atoms with Gasteiger partial charge in [0.1, 0.15) is 0 Å². The molecule has 10 aromatic carbocycles. The SMILES string of the molecule is CC1(C)c2ccccc2-c2ccc(-c3ccc(N(c4ccc(-c5cccc6c5ccc5ccccc56)cc4)c4ccccc4-c4cccc5cccc(C6CCCCC6)c45)cc3)cc21. The summed E-state index contributed by atoms with van der Waals surface area (Å²) in [5.74, 6) is 0.591. The zero-order chi connectivity index (χ0) is 42.8. The first-order valence-corrected chi connectivity index (χ1v) is 23.3. The Kier molecular flexibility index (Phi) is 9.34. The van der Waals surface area contributed by atoms with Gasteiger partial charge in [-0.1, -0.05) is 203 Å². The highest BCUT2D eigenvalue weighted by molar-refractivity contribution is 6.12. The zero-order valence-electron chi connectivity index (χ0n) is 36.7. The molecule has 308 valence electrons. The van der Waals surface area contributed by atoms with Crippen LogP contribution in [-0.4, -0.2) is 0 Å². The van der Waals surface area contributed by atoms with Gasteiger partial charge in [0.2, 0.25) is 0 Å². The molecule has 0 N–H and O–H groups in total. The minimum Gasteiger partial charge on any atom is -0.310 e. The lowest BCUT2D eigenvalue weighted by molar-refractivity contribution is 0.445. The second kappa shape index (κ2) is 15.5.